The van der Waals surface area contributed by atoms with Gasteiger partial charge in [0.05, 0.1) is 27.8 Å². The van der Waals surface area contributed by atoms with Gasteiger partial charge < -0.3 is 19.2 Å². The third-order valence-electron chi connectivity index (χ3n) is 7.56. The van der Waals surface area contributed by atoms with E-state index in [4.69, 9.17) is 4.42 Å². The Morgan fingerprint density at radius 3 is 2.23 bits per heavy atom. The Morgan fingerprint density at radius 1 is 0.718 bits per heavy atom. The highest BCUT2D eigenvalue weighted by Crippen LogP contribution is 2.47. The summed E-state index contributed by atoms with van der Waals surface area (Å²) in [5, 5.41) is 8.03. The number of fused-ring (bicyclic) bond motifs is 7. The molecule has 0 amide bonds. The number of dihydropyridines is 1. The van der Waals surface area contributed by atoms with E-state index in [0.29, 0.717) is 0 Å². The van der Waals surface area contributed by atoms with Crippen molar-refractivity contribution in [1.29, 1.82) is 0 Å². The number of benzene rings is 5. The normalized spacial score (nSPS) is 13.3. The number of hydrogen-bond donors (Lipinski definition) is 1. The van der Waals surface area contributed by atoms with Crippen LogP contribution in [-0.2, 0) is 0 Å². The van der Waals surface area contributed by atoms with Gasteiger partial charge in [0.15, 0.2) is 5.58 Å². The lowest BCUT2D eigenvalue weighted by atomic mass is 10.0. The summed E-state index contributed by atoms with van der Waals surface area (Å²) in [5.41, 5.74) is 8.35. The molecule has 39 heavy (non-hydrogen) atoms. The lowest BCUT2D eigenvalue weighted by Crippen LogP contribution is -2.21. The van der Waals surface area contributed by atoms with E-state index in [1.54, 1.807) is 0 Å². The monoisotopic (exact) mass is 503 g/mol. The van der Waals surface area contributed by atoms with Crippen LogP contribution in [0.1, 0.15) is 0 Å². The molecule has 0 saturated carbocycles. The average Bonchev–Trinajstić information content (AvgIpc) is 3.55. The highest BCUT2D eigenvalue weighted by molar-refractivity contribution is 6.27. The van der Waals surface area contributed by atoms with Crippen LogP contribution in [0.25, 0.3) is 49.4 Å². The van der Waals surface area contributed by atoms with Gasteiger partial charge >= 0.3 is 0 Å². The van der Waals surface area contributed by atoms with Crippen molar-refractivity contribution in [2.24, 2.45) is 0 Å². The molecule has 186 valence electrons. The van der Waals surface area contributed by atoms with Crippen LogP contribution >= 0.6 is 0 Å². The molecular formula is C35H25N3O. The minimum absolute atomic E-state index is 0.815. The zero-order valence-electron chi connectivity index (χ0n) is 21.2. The lowest BCUT2D eigenvalue weighted by molar-refractivity contribution is 0.669. The molecule has 4 nitrogen and oxygen atoms in total. The number of rotatable bonds is 4. The van der Waals surface area contributed by atoms with Gasteiger partial charge in [0.25, 0.3) is 0 Å². The zero-order chi connectivity index (χ0) is 25.8. The SMILES string of the molecule is C1=CC(N(c2ccccc2)c2cc3c4ccccc4n(-c4ccccc4)c3c3c2oc2ccccc23)=CNC1. The van der Waals surface area contributed by atoms with Crippen LogP contribution in [0.3, 0.4) is 0 Å². The summed E-state index contributed by atoms with van der Waals surface area (Å²) < 4.78 is 9.13. The summed E-state index contributed by atoms with van der Waals surface area (Å²) >= 11 is 0. The van der Waals surface area contributed by atoms with E-state index in [1.807, 2.05) is 6.07 Å². The van der Waals surface area contributed by atoms with Gasteiger partial charge in [-0.25, -0.2) is 0 Å². The Kier molecular flexibility index (Phi) is 4.85. The fraction of sp³-hybridized carbons (Fsp3) is 0.0286. The second-order valence-corrected chi connectivity index (χ2v) is 9.83. The molecule has 0 unspecified atom stereocenters. The van der Waals surface area contributed by atoms with E-state index in [-0.39, 0.29) is 0 Å². The molecule has 1 aliphatic heterocycles. The molecule has 0 aliphatic carbocycles. The molecule has 8 rings (SSSR count). The first-order chi connectivity index (χ1) is 19.4. The molecule has 0 fully saturated rings. The van der Waals surface area contributed by atoms with Crippen LogP contribution in [0, 0.1) is 0 Å². The number of aromatic nitrogens is 1. The first kappa shape index (κ1) is 21.8. The first-order valence-electron chi connectivity index (χ1n) is 13.3. The van der Waals surface area contributed by atoms with Crippen molar-refractivity contribution in [3.63, 3.8) is 0 Å². The third kappa shape index (κ3) is 3.32. The number of furan rings is 1. The largest absolute Gasteiger partial charge is 0.454 e. The van der Waals surface area contributed by atoms with Crippen LogP contribution < -0.4 is 10.2 Å². The molecule has 2 aromatic heterocycles. The lowest BCUT2D eigenvalue weighted by Gasteiger charge is -2.28. The van der Waals surface area contributed by atoms with Gasteiger partial charge in [-0.2, -0.15) is 0 Å². The molecule has 1 aliphatic rings. The highest BCUT2D eigenvalue weighted by Gasteiger charge is 2.26. The molecule has 4 heteroatoms. The van der Waals surface area contributed by atoms with Gasteiger partial charge in [-0.15, -0.1) is 0 Å². The Bertz CT molecular complexity index is 2060. The number of nitrogens with one attached hydrogen (secondary N) is 1. The number of para-hydroxylation sites is 4. The van der Waals surface area contributed by atoms with Crippen molar-refractivity contribution in [2.75, 3.05) is 11.4 Å². The minimum Gasteiger partial charge on any atom is -0.454 e. The molecule has 3 heterocycles. The van der Waals surface area contributed by atoms with Gasteiger partial charge in [0.2, 0.25) is 0 Å². The van der Waals surface area contributed by atoms with Crippen LogP contribution in [0.5, 0.6) is 0 Å². The average molecular weight is 504 g/mol. The van der Waals surface area contributed by atoms with Gasteiger partial charge in [-0.1, -0.05) is 78.9 Å². The predicted molar refractivity (Wildman–Crippen MR) is 162 cm³/mol. The fourth-order valence-corrected chi connectivity index (χ4v) is 5.93. The van der Waals surface area contributed by atoms with Crippen molar-refractivity contribution < 1.29 is 4.42 Å². The molecule has 0 saturated heterocycles. The molecule has 0 bridgehead atoms. The molecular weight excluding hydrogens is 478 g/mol. The smallest absolute Gasteiger partial charge is 0.161 e. The van der Waals surface area contributed by atoms with E-state index in [9.17, 15) is 0 Å². The zero-order valence-corrected chi connectivity index (χ0v) is 21.2. The quantitative estimate of drug-likeness (QED) is 0.260. The van der Waals surface area contributed by atoms with Crippen LogP contribution in [0.2, 0.25) is 0 Å². The first-order valence-corrected chi connectivity index (χ1v) is 13.3. The Morgan fingerprint density at radius 2 is 1.44 bits per heavy atom. The summed E-state index contributed by atoms with van der Waals surface area (Å²) in [6, 6.07) is 40.5. The number of anilines is 2. The third-order valence-corrected chi connectivity index (χ3v) is 7.56. The standard InChI is InChI=1S/C35H25N3O/c1-3-12-24(13-4-1)37(26-16-11-21-36-23-26)31-22-29-27-17-7-9-19-30(27)38(25-14-5-2-6-15-25)34(29)33-28-18-8-10-20-32(28)39-35(31)33/h1-20,22-23,36H,21H2. The van der Waals surface area contributed by atoms with Crippen LogP contribution in [-0.4, -0.2) is 11.1 Å². The van der Waals surface area contributed by atoms with Crippen molar-refractivity contribution in [3.8, 4) is 5.69 Å². The van der Waals surface area contributed by atoms with Gasteiger partial charge in [-0.3, -0.25) is 0 Å². The van der Waals surface area contributed by atoms with E-state index < -0.39 is 0 Å². The number of nitrogens with zero attached hydrogens (tertiary/aromatic N) is 2. The van der Waals surface area contributed by atoms with Gasteiger partial charge in [0, 0.05) is 40.3 Å². The second-order valence-electron chi connectivity index (χ2n) is 9.83. The van der Waals surface area contributed by atoms with Crippen molar-refractivity contribution >= 4 is 55.1 Å². The van der Waals surface area contributed by atoms with Crippen molar-refractivity contribution in [3.05, 3.63) is 139 Å². The van der Waals surface area contributed by atoms with Crippen LogP contribution in [0.4, 0.5) is 11.4 Å². The van der Waals surface area contributed by atoms with E-state index >= 15 is 0 Å². The van der Waals surface area contributed by atoms with Gasteiger partial charge in [-0.05, 0) is 48.5 Å². The van der Waals surface area contributed by atoms with Crippen molar-refractivity contribution in [1.82, 2.24) is 9.88 Å². The summed E-state index contributed by atoms with van der Waals surface area (Å²) in [7, 11) is 0. The predicted octanol–water partition coefficient (Wildman–Crippen LogP) is 8.82. The molecule has 0 radical (unpaired) electrons. The summed E-state index contributed by atoms with van der Waals surface area (Å²) in [6.07, 6.45) is 6.41. The highest BCUT2D eigenvalue weighted by atomic mass is 16.3. The molecule has 5 aromatic carbocycles. The topological polar surface area (TPSA) is 33.3 Å². The molecule has 7 aromatic rings. The Labute approximate surface area is 225 Å². The van der Waals surface area contributed by atoms with E-state index in [2.05, 4.69) is 142 Å². The molecule has 0 atom stereocenters. The summed E-state index contributed by atoms with van der Waals surface area (Å²) in [6.45, 7) is 0.815. The number of hydrogen-bond acceptors (Lipinski definition) is 3. The van der Waals surface area contributed by atoms with E-state index in [1.165, 1.54) is 16.3 Å². The Hall–Kier alpha value is -5.22. The van der Waals surface area contributed by atoms with E-state index in [0.717, 1.165) is 56.8 Å². The fourth-order valence-electron chi connectivity index (χ4n) is 5.93. The maximum atomic E-state index is 6.75. The maximum Gasteiger partial charge on any atom is 0.161 e. The second kappa shape index (κ2) is 8.67. The minimum atomic E-state index is 0.815. The molecule has 1 N–H and O–H groups in total. The molecule has 0 spiro atoms. The summed E-state index contributed by atoms with van der Waals surface area (Å²) in [4.78, 5) is 2.29. The maximum absolute atomic E-state index is 6.75. The van der Waals surface area contributed by atoms with Crippen LogP contribution in [0.15, 0.2) is 144 Å². The summed E-state index contributed by atoms with van der Waals surface area (Å²) in [5.74, 6) is 0. The van der Waals surface area contributed by atoms with Gasteiger partial charge in [0.1, 0.15) is 5.58 Å². The number of allylic oxidation sites excluding steroid dienone is 1. The van der Waals surface area contributed by atoms with Crippen molar-refractivity contribution in [2.45, 2.75) is 0 Å². The Balaban J connectivity index is 1.59.